The van der Waals surface area contributed by atoms with E-state index in [1.807, 2.05) is 38.1 Å². The third-order valence-corrected chi connectivity index (χ3v) is 3.96. The van der Waals surface area contributed by atoms with Gasteiger partial charge in [0.05, 0.1) is 6.61 Å². The Bertz CT molecular complexity index is 862. The summed E-state index contributed by atoms with van der Waals surface area (Å²) in [6, 6.07) is 14.5. The lowest BCUT2D eigenvalue weighted by atomic mass is 10.2. The fraction of sp³-hybridized carbons (Fsp3) is 0.227. The van der Waals surface area contributed by atoms with E-state index in [0.717, 1.165) is 17.7 Å². The van der Waals surface area contributed by atoms with E-state index in [1.54, 1.807) is 30.3 Å². The van der Waals surface area contributed by atoms with E-state index in [9.17, 15) is 9.59 Å². The zero-order valence-electron chi connectivity index (χ0n) is 16.5. The zero-order valence-corrected chi connectivity index (χ0v) is 17.3. The molecule has 2 aromatic rings. The van der Waals surface area contributed by atoms with Crippen LogP contribution in [0.15, 0.2) is 54.6 Å². The Balaban J connectivity index is 1.81. The minimum atomic E-state index is -0.333. The molecule has 0 aliphatic rings. The van der Waals surface area contributed by atoms with Gasteiger partial charge in [0.2, 0.25) is 11.8 Å². The van der Waals surface area contributed by atoms with Crippen LogP contribution in [0.3, 0.4) is 0 Å². The molecule has 0 radical (unpaired) electrons. The molecule has 0 heterocycles. The molecule has 2 aromatic carbocycles. The number of nitrogens with one attached hydrogen (secondary N) is 3. The van der Waals surface area contributed by atoms with Crippen molar-refractivity contribution in [1.29, 1.82) is 0 Å². The summed E-state index contributed by atoms with van der Waals surface area (Å²) < 4.78 is 5.38. The summed E-state index contributed by atoms with van der Waals surface area (Å²) in [6.07, 6.45) is 4.39. The molecule has 0 bridgehead atoms. The van der Waals surface area contributed by atoms with Crippen molar-refractivity contribution in [3.05, 3.63) is 60.2 Å². The molecule has 0 saturated carbocycles. The van der Waals surface area contributed by atoms with Gasteiger partial charge in [-0.2, -0.15) is 0 Å². The van der Waals surface area contributed by atoms with Crippen molar-refractivity contribution in [2.24, 2.45) is 0 Å². The molecule has 0 aliphatic carbocycles. The fourth-order valence-corrected chi connectivity index (χ4v) is 2.64. The molecule has 29 heavy (non-hydrogen) atoms. The topological polar surface area (TPSA) is 79.5 Å². The maximum absolute atomic E-state index is 12.0. The number of carbonyl (C=O) groups is 2. The second-order valence-electron chi connectivity index (χ2n) is 6.15. The van der Waals surface area contributed by atoms with Gasteiger partial charge in [-0.3, -0.25) is 14.9 Å². The first-order chi connectivity index (χ1) is 14.0. The number of thiocarbonyl (C=S) groups is 1. The Morgan fingerprint density at radius 3 is 2.17 bits per heavy atom. The highest BCUT2D eigenvalue weighted by atomic mass is 32.1. The lowest BCUT2D eigenvalue weighted by Gasteiger charge is -2.09. The van der Waals surface area contributed by atoms with E-state index >= 15 is 0 Å². The predicted molar refractivity (Wildman–Crippen MR) is 121 cm³/mol. The number of benzene rings is 2. The van der Waals surface area contributed by atoms with Crippen molar-refractivity contribution in [2.75, 3.05) is 17.2 Å². The fourth-order valence-electron chi connectivity index (χ4n) is 2.42. The van der Waals surface area contributed by atoms with E-state index in [0.29, 0.717) is 24.4 Å². The number of amides is 2. The van der Waals surface area contributed by atoms with Gasteiger partial charge in [-0.25, -0.2) is 0 Å². The summed E-state index contributed by atoms with van der Waals surface area (Å²) in [5.41, 5.74) is 2.30. The molecule has 7 heteroatoms. The number of hydrogen-bond acceptors (Lipinski definition) is 4. The number of hydrogen-bond donors (Lipinski definition) is 3. The van der Waals surface area contributed by atoms with Gasteiger partial charge in [0.15, 0.2) is 5.11 Å². The van der Waals surface area contributed by atoms with Gasteiger partial charge in [-0.05, 0) is 73.6 Å². The third-order valence-electron chi connectivity index (χ3n) is 3.76. The summed E-state index contributed by atoms with van der Waals surface area (Å²) in [5.74, 6) is 0.436. The monoisotopic (exact) mass is 411 g/mol. The third kappa shape index (κ3) is 8.15. The zero-order chi connectivity index (χ0) is 21.1. The van der Waals surface area contributed by atoms with Crippen LogP contribution in [-0.2, 0) is 9.59 Å². The predicted octanol–water partition coefficient (Wildman–Crippen LogP) is 4.35. The summed E-state index contributed by atoms with van der Waals surface area (Å²) in [4.78, 5) is 23.6. The SMILES string of the molecule is CCCC(=O)Nc1ccc(NC(=S)NC(=O)/C=C/c2ccc(OCC)cc2)cc1. The molecular weight excluding hydrogens is 386 g/mol. The molecule has 3 N–H and O–H groups in total. The maximum Gasteiger partial charge on any atom is 0.250 e. The molecule has 2 amide bonds. The average molecular weight is 412 g/mol. The highest BCUT2D eigenvalue weighted by Crippen LogP contribution is 2.14. The van der Waals surface area contributed by atoms with Gasteiger partial charge >= 0.3 is 0 Å². The molecule has 152 valence electrons. The van der Waals surface area contributed by atoms with Gasteiger partial charge in [-0.15, -0.1) is 0 Å². The number of carbonyl (C=O) groups excluding carboxylic acids is 2. The smallest absolute Gasteiger partial charge is 0.250 e. The minimum Gasteiger partial charge on any atom is -0.494 e. The normalized spacial score (nSPS) is 10.4. The van der Waals surface area contributed by atoms with Crippen molar-refractivity contribution in [3.63, 3.8) is 0 Å². The molecule has 0 aliphatic heterocycles. The maximum atomic E-state index is 12.0. The molecule has 2 rings (SSSR count). The lowest BCUT2D eigenvalue weighted by molar-refractivity contribution is -0.116. The van der Waals surface area contributed by atoms with Gasteiger partial charge in [-0.1, -0.05) is 19.1 Å². The van der Waals surface area contributed by atoms with Crippen LogP contribution in [0.25, 0.3) is 6.08 Å². The molecule has 0 spiro atoms. The molecule has 6 nitrogen and oxygen atoms in total. The van der Waals surface area contributed by atoms with E-state index in [1.165, 1.54) is 6.08 Å². The Morgan fingerprint density at radius 1 is 0.966 bits per heavy atom. The van der Waals surface area contributed by atoms with Crippen LogP contribution < -0.4 is 20.7 Å². The summed E-state index contributed by atoms with van der Waals surface area (Å²) in [5, 5.41) is 8.53. The van der Waals surface area contributed by atoms with Crippen LogP contribution in [-0.4, -0.2) is 23.5 Å². The average Bonchev–Trinajstić information content (AvgIpc) is 2.69. The molecule has 0 saturated heterocycles. The van der Waals surface area contributed by atoms with E-state index < -0.39 is 0 Å². The standard InChI is InChI=1S/C22H25N3O3S/c1-3-5-20(26)23-17-9-11-18(12-10-17)24-22(29)25-21(27)15-8-16-6-13-19(14-7-16)28-4-2/h6-15H,3-5H2,1-2H3,(H,23,26)(H2,24,25,27,29)/b15-8+. The van der Waals surface area contributed by atoms with Crippen molar-refractivity contribution in [3.8, 4) is 5.75 Å². The Hall–Kier alpha value is -3.19. The molecular formula is C22H25N3O3S. The number of rotatable bonds is 8. The quantitative estimate of drug-likeness (QED) is 0.445. The number of ether oxygens (including phenoxy) is 1. The van der Waals surface area contributed by atoms with Gasteiger partial charge in [0.25, 0.3) is 0 Å². The van der Waals surface area contributed by atoms with E-state index in [4.69, 9.17) is 17.0 Å². The van der Waals surface area contributed by atoms with Crippen LogP contribution in [0.5, 0.6) is 5.75 Å². The second kappa shape index (κ2) is 11.6. The second-order valence-corrected chi connectivity index (χ2v) is 6.56. The van der Waals surface area contributed by atoms with Crippen molar-refractivity contribution in [2.45, 2.75) is 26.7 Å². The van der Waals surface area contributed by atoms with Crippen LogP contribution >= 0.6 is 12.2 Å². The van der Waals surface area contributed by atoms with Crippen molar-refractivity contribution < 1.29 is 14.3 Å². The lowest BCUT2D eigenvalue weighted by Crippen LogP contribution is -2.32. The molecule has 0 atom stereocenters. The van der Waals surface area contributed by atoms with Crippen LogP contribution in [0.4, 0.5) is 11.4 Å². The van der Waals surface area contributed by atoms with Crippen LogP contribution in [0, 0.1) is 0 Å². The summed E-state index contributed by atoms with van der Waals surface area (Å²) in [6.45, 7) is 4.49. The summed E-state index contributed by atoms with van der Waals surface area (Å²) >= 11 is 5.16. The van der Waals surface area contributed by atoms with Crippen LogP contribution in [0.1, 0.15) is 32.3 Å². The Labute approximate surface area is 176 Å². The Morgan fingerprint density at radius 2 is 1.59 bits per heavy atom. The van der Waals surface area contributed by atoms with E-state index in [2.05, 4.69) is 16.0 Å². The van der Waals surface area contributed by atoms with Gasteiger partial charge < -0.3 is 15.4 Å². The largest absolute Gasteiger partial charge is 0.494 e. The summed E-state index contributed by atoms with van der Waals surface area (Å²) in [7, 11) is 0. The number of anilines is 2. The first-order valence-electron chi connectivity index (χ1n) is 9.43. The van der Waals surface area contributed by atoms with Gasteiger partial charge in [0, 0.05) is 23.9 Å². The highest BCUT2D eigenvalue weighted by Gasteiger charge is 2.04. The van der Waals surface area contributed by atoms with Crippen molar-refractivity contribution in [1.82, 2.24) is 5.32 Å². The van der Waals surface area contributed by atoms with Gasteiger partial charge in [0.1, 0.15) is 5.75 Å². The minimum absolute atomic E-state index is 0.0182. The first kappa shape index (κ1) is 22.1. The van der Waals surface area contributed by atoms with E-state index in [-0.39, 0.29) is 16.9 Å². The Kier molecular flexibility index (Phi) is 8.85. The molecule has 0 fully saturated rings. The molecule has 0 unspecified atom stereocenters. The van der Waals surface area contributed by atoms with Crippen molar-refractivity contribution >= 4 is 46.6 Å². The van der Waals surface area contributed by atoms with Crippen LogP contribution in [0.2, 0.25) is 0 Å². The molecule has 0 aromatic heterocycles. The highest BCUT2D eigenvalue weighted by molar-refractivity contribution is 7.80. The first-order valence-corrected chi connectivity index (χ1v) is 9.83.